The molecule has 0 saturated carbocycles. The molecule has 0 aromatic carbocycles. The van der Waals surface area contributed by atoms with Gasteiger partial charge in [0, 0.05) is 24.8 Å². The van der Waals surface area contributed by atoms with Gasteiger partial charge in [-0.05, 0) is 39.7 Å². The first-order valence-corrected chi connectivity index (χ1v) is 9.22. The van der Waals surface area contributed by atoms with Gasteiger partial charge in [0.25, 0.3) is 10.0 Å². The first-order chi connectivity index (χ1) is 9.94. The van der Waals surface area contributed by atoms with E-state index in [2.05, 4.69) is 21.9 Å². The second-order valence-electron chi connectivity index (χ2n) is 5.79. The molecule has 2 N–H and O–H groups in total. The van der Waals surface area contributed by atoms with Gasteiger partial charge in [-0.1, -0.05) is 13.3 Å². The van der Waals surface area contributed by atoms with Crippen molar-refractivity contribution in [1.29, 1.82) is 0 Å². The molecule has 21 heavy (non-hydrogen) atoms. The van der Waals surface area contributed by atoms with Crippen molar-refractivity contribution in [1.82, 2.24) is 19.6 Å². The summed E-state index contributed by atoms with van der Waals surface area (Å²) in [5, 5.41) is 3.50. The zero-order valence-corrected chi connectivity index (χ0v) is 13.9. The van der Waals surface area contributed by atoms with E-state index in [0.717, 1.165) is 44.6 Å². The number of aryl methyl sites for hydroxylation is 2. The van der Waals surface area contributed by atoms with Crippen molar-refractivity contribution in [2.75, 3.05) is 6.54 Å². The van der Waals surface area contributed by atoms with Gasteiger partial charge in [-0.3, -0.25) is 0 Å². The van der Waals surface area contributed by atoms with Crippen LogP contribution in [0.1, 0.15) is 45.4 Å². The fraction of sp³-hybridized carbons (Fsp3) is 0.786. The number of hydrogen-bond acceptors (Lipinski definition) is 4. The molecule has 2 heterocycles. The number of hydrogen-bond donors (Lipinski definition) is 2. The first-order valence-electron chi connectivity index (χ1n) is 7.73. The van der Waals surface area contributed by atoms with Crippen molar-refractivity contribution in [2.24, 2.45) is 0 Å². The van der Waals surface area contributed by atoms with E-state index < -0.39 is 10.0 Å². The largest absolute Gasteiger partial charge is 0.334 e. The van der Waals surface area contributed by atoms with Crippen LogP contribution < -0.4 is 10.0 Å². The fourth-order valence-corrected chi connectivity index (χ4v) is 4.06. The Morgan fingerprint density at radius 1 is 1.52 bits per heavy atom. The van der Waals surface area contributed by atoms with Crippen LogP contribution in [-0.4, -0.2) is 36.6 Å². The van der Waals surface area contributed by atoms with Crippen LogP contribution in [0.5, 0.6) is 0 Å². The van der Waals surface area contributed by atoms with E-state index in [1.165, 1.54) is 0 Å². The molecule has 1 aromatic heterocycles. The van der Waals surface area contributed by atoms with Crippen LogP contribution >= 0.6 is 0 Å². The van der Waals surface area contributed by atoms with Crippen molar-refractivity contribution in [3.63, 3.8) is 0 Å². The smallest absolute Gasteiger partial charge is 0.259 e. The third-order valence-corrected chi connectivity index (χ3v) is 5.42. The maximum atomic E-state index is 12.4. The van der Waals surface area contributed by atoms with Gasteiger partial charge in [-0.25, -0.2) is 18.1 Å². The molecule has 0 radical (unpaired) electrons. The van der Waals surface area contributed by atoms with Gasteiger partial charge in [0.05, 0.1) is 0 Å². The van der Waals surface area contributed by atoms with Crippen molar-refractivity contribution >= 4 is 10.0 Å². The molecule has 1 aliphatic rings. The van der Waals surface area contributed by atoms with E-state index in [9.17, 15) is 8.42 Å². The molecule has 1 aliphatic heterocycles. The molecule has 2 atom stereocenters. The molecule has 0 spiro atoms. The molecule has 1 aromatic rings. The van der Waals surface area contributed by atoms with E-state index in [-0.39, 0.29) is 17.1 Å². The number of sulfonamides is 1. The lowest BCUT2D eigenvalue weighted by Gasteiger charge is -2.29. The average molecular weight is 314 g/mol. The van der Waals surface area contributed by atoms with Crippen LogP contribution in [-0.2, 0) is 16.6 Å². The van der Waals surface area contributed by atoms with Gasteiger partial charge in [0.2, 0.25) is 0 Å². The summed E-state index contributed by atoms with van der Waals surface area (Å²) < 4.78 is 29.5. The summed E-state index contributed by atoms with van der Waals surface area (Å²) in [4.78, 5) is 4.19. The highest BCUT2D eigenvalue weighted by Crippen LogP contribution is 2.14. The van der Waals surface area contributed by atoms with Crippen LogP contribution in [0, 0.1) is 6.92 Å². The third-order valence-electron chi connectivity index (χ3n) is 3.99. The minimum Gasteiger partial charge on any atom is -0.334 e. The van der Waals surface area contributed by atoms with Crippen LogP contribution in [0.3, 0.4) is 0 Å². The highest BCUT2D eigenvalue weighted by molar-refractivity contribution is 7.89. The Hall–Kier alpha value is -0.920. The maximum absolute atomic E-state index is 12.4. The van der Waals surface area contributed by atoms with Gasteiger partial charge in [-0.2, -0.15) is 0 Å². The van der Waals surface area contributed by atoms with Gasteiger partial charge in [0.15, 0.2) is 5.03 Å². The Kier molecular flexibility index (Phi) is 5.40. The zero-order chi connectivity index (χ0) is 15.5. The number of nitrogens with one attached hydrogen (secondary N) is 2. The number of rotatable bonds is 6. The lowest BCUT2D eigenvalue weighted by molar-refractivity contribution is 0.347. The maximum Gasteiger partial charge on any atom is 0.259 e. The summed E-state index contributed by atoms with van der Waals surface area (Å²) in [7, 11) is -3.55. The molecule has 6 nitrogen and oxygen atoms in total. The zero-order valence-electron chi connectivity index (χ0n) is 13.1. The molecule has 7 heteroatoms. The highest BCUT2D eigenvalue weighted by Gasteiger charge is 2.26. The van der Waals surface area contributed by atoms with Crippen LogP contribution in [0.2, 0.25) is 0 Å². The van der Waals surface area contributed by atoms with Crippen molar-refractivity contribution in [3.05, 3.63) is 12.0 Å². The normalized spacial score (nSPS) is 21.4. The van der Waals surface area contributed by atoms with Crippen molar-refractivity contribution in [3.8, 4) is 0 Å². The molecule has 0 aliphatic carbocycles. The summed E-state index contributed by atoms with van der Waals surface area (Å²) in [6.45, 7) is 7.55. The molecule has 2 unspecified atom stereocenters. The van der Waals surface area contributed by atoms with E-state index in [1.807, 2.05) is 18.4 Å². The Morgan fingerprint density at radius 3 is 2.90 bits per heavy atom. The summed E-state index contributed by atoms with van der Waals surface area (Å²) in [5.74, 6) is 0.737. The molecular formula is C14H26N4O2S. The van der Waals surface area contributed by atoms with E-state index in [4.69, 9.17) is 0 Å². The predicted octanol–water partition coefficient (Wildman–Crippen LogP) is 1.41. The predicted molar refractivity (Wildman–Crippen MR) is 82.7 cm³/mol. The molecule has 0 bridgehead atoms. The Bertz CT molecular complexity index is 562. The second kappa shape index (κ2) is 6.89. The minimum absolute atomic E-state index is 0.121. The van der Waals surface area contributed by atoms with E-state index in [1.54, 1.807) is 6.20 Å². The first kappa shape index (κ1) is 16.5. The SMILES string of the molecule is CCCn1cc(S(=O)(=O)NC(C)C2CCCCN2)nc1C. The lowest BCUT2D eigenvalue weighted by atomic mass is 10.00. The molecule has 120 valence electrons. The van der Waals surface area contributed by atoms with Crippen molar-refractivity contribution < 1.29 is 8.42 Å². The van der Waals surface area contributed by atoms with Gasteiger partial charge in [-0.15, -0.1) is 0 Å². The Labute approximate surface area is 127 Å². The summed E-state index contributed by atoms with van der Waals surface area (Å²) >= 11 is 0. The third kappa shape index (κ3) is 4.05. The highest BCUT2D eigenvalue weighted by atomic mass is 32.2. The molecule has 2 rings (SSSR count). The molecule has 1 saturated heterocycles. The fourth-order valence-electron chi connectivity index (χ4n) is 2.77. The number of imidazole rings is 1. The van der Waals surface area contributed by atoms with E-state index >= 15 is 0 Å². The number of piperidine rings is 1. The quantitative estimate of drug-likeness (QED) is 0.832. The van der Waals surface area contributed by atoms with Gasteiger partial charge >= 0.3 is 0 Å². The van der Waals surface area contributed by atoms with Crippen molar-refractivity contribution in [2.45, 2.75) is 70.1 Å². The van der Waals surface area contributed by atoms with Crippen LogP contribution in [0.4, 0.5) is 0 Å². The average Bonchev–Trinajstić information content (AvgIpc) is 2.82. The second-order valence-corrected chi connectivity index (χ2v) is 7.45. The minimum atomic E-state index is -3.55. The Morgan fingerprint density at radius 2 is 2.29 bits per heavy atom. The molecule has 1 fully saturated rings. The van der Waals surface area contributed by atoms with Crippen LogP contribution in [0.25, 0.3) is 0 Å². The Balaban J connectivity index is 2.08. The lowest BCUT2D eigenvalue weighted by Crippen LogP contribution is -2.50. The molecule has 0 amide bonds. The summed E-state index contributed by atoms with van der Waals surface area (Å²) in [6, 6.07) is 0.0688. The standard InChI is InChI=1S/C14H26N4O2S/c1-4-9-18-10-14(16-12(18)3)21(19,20)17-11(2)13-7-5-6-8-15-13/h10-11,13,15,17H,4-9H2,1-3H3. The summed E-state index contributed by atoms with van der Waals surface area (Å²) in [5.41, 5.74) is 0. The van der Waals surface area contributed by atoms with Crippen LogP contribution in [0.15, 0.2) is 11.2 Å². The number of nitrogens with zero attached hydrogens (tertiary/aromatic N) is 2. The summed E-state index contributed by atoms with van der Waals surface area (Å²) in [6.07, 6.45) is 5.90. The monoisotopic (exact) mass is 314 g/mol. The molecular weight excluding hydrogens is 288 g/mol. The van der Waals surface area contributed by atoms with Gasteiger partial charge < -0.3 is 9.88 Å². The van der Waals surface area contributed by atoms with Gasteiger partial charge in [0.1, 0.15) is 5.82 Å². The van der Waals surface area contributed by atoms with E-state index in [0.29, 0.717) is 0 Å². The number of aromatic nitrogens is 2. The topological polar surface area (TPSA) is 76.0 Å².